The van der Waals surface area contributed by atoms with Crippen LogP contribution in [0.3, 0.4) is 0 Å². The molecule has 0 aliphatic rings. The lowest BCUT2D eigenvalue weighted by Crippen LogP contribution is -2.34. The molecule has 3 rings (SSSR count). The van der Waals surface area contributed by atoms with Gasteiger partial charge in [-0.3, -0.25) is 4.79 Å². The molecule has 0 radical (unpaired) electrons. The minimum Gasteiger partial charge on any atom is -0.348 e. The smallest absolute Gasteiger partial charge is 0.270 e. The van der Waals surface area contributed by atoms with Crippen LogP contribution in [0.1, 0.15) is 44.1 Å². The third-order valence-corrected chi connectivity index (χ3v) is 5.48. The highest BCUT2D eigenvalue weighted by Gasteiger charge is 2.20. The van der Waals surface area contributed by atoms with Crippen LogP contribution in [-0.2, 0) is 0 Å². The van der Waals surface area contributed by atoms with Crippen molar-refractivity contribution < 1.29 is 9.18 Å². The number of hydrogen-bond donors (Lipinski definition) is 1. The Hall–Kier alpha value is -2.99. The Morgan fingerprint density at radius 3 is 2.45 bits per heavy atom. The summed E-state index contributed by atoms with van der Waals surface area (Å²) in [5, 5.41) is 7.64. The molecule has 1 amide bonds. The number of carbonyl (C=O) groups is 1. The summed E-state index contributed by atoms with van der Waals surface area (Å²) < 4.78 is 15.9. The maximum Gasteiger partial charge on any atom is 0.270 e. The van der Waals surface area contributed by atoms with Crippen LogP contribution in [0.5, 0.6) is 0 Å². The Bertz CT molecular complexity index is 982. The standard InChI is InChI=1S/C25H31FN4O/c1-4-29(5-2)17-11-12-19(3)27-25(31)24-18-23(21-15-9-10-16-22(21)26)28-30(24)20-13-7-6-8-14-20/h6-10,13-16,18-19H,4-5,11-12,17H2,1-3H3,(H,27,31)/t19-/m1/s1. The Balaban J connectivity index is 1.80. The van der Waals surface area contributed by atoms with Gasteiger partial charge >= 0.3 is 0 Å². The molecule has 2 aromatic carbocycles. The van der Waals surface area contributed by atoms with Crippen LogP contribution in [0, 0.1) is 5.82 Å². The zero-order chi connectivity index (χ0) is 22.2. The number of benzene rings is 2. The van der Waals surface area contributed by atoms with E-state index in [9.17, 15) is 9.18 Å². The van der Waals surface area contributed by atoms with Gasteiger partial charge in [0.15, 0.2) is 0 Å². The molecule has 0 spiro atoms. The van der Waals surface area contributed by atoms with Crippen LogP contribution in [0.25, 0.3) is 16.9 Å². The quantitative estimate of drug-likeness (QED) is 0.505. The topological polar surface area (TPSA) is 50.2 Å². The molecule has 0 unspecified atom stereocenters. The van der Waals surface area contributed by atoms with Gasteiger partial charge in [0.2, 0.25) is 0 Å². The molecule has 0 aliphatic carbocycles. The van der Waals surface area contributed by atoms with Crippen molar-refractivity contribution in [2.75, 3.05) is 19.6 Å². The van der Waals surface area contributed by atoms with E-state index in [1.54, 1.807) is 28.9 Å². The van der Waals surface area contributed by atoms with E-state index < -0.39 is 0 Å². The SMILES string of the molecule is CCN(CC)CCC[C@@H](C)NC(=O)c1cc(-c2ccccc2F)nn1-c1ccccc1. The van der Waals surface area contributed by atoms with E-state index in [2.05, 4.69) is 29.2 Å². The summed E-state index contributed by atoms with van der Waals surface area (Å²) in [7, 11) is 0. The Kier molecular flexibility index (Phi) is 7.95. The predicted octanol–water partition coefficient (Wildman–Crippen LogP) is 4.92. The summed E-state index contributed by atoms with van der Waals surface area (Å²) in [6.07, 6.45) is 1.91. The molecular formula is C25H31FN4O. The first-order valence-corrected chi connectivity index (χ1v) is 11.0. The minimum atomic E-state index is -0.364. The van der Waals surface area contributed by atoms with Gasteiger partial charge in [0.05, 0.1) is 11.4 Å². The molecule has 5 nitrogen and oxygen atoms in total. The first-order chi connectivity index (χ1) is 15.0. The van der Waals surface area contributed by atoms with Crippen molar-refractivity contribution in [2.24, 2.45) is 0 Å². The normalized spacial score (nSPS) is 12.2. The summed E-state index contributed by atoms with van der Waals surface area (Å²) in [5.74, 6) is -0.578. The van der Waals surface area contributed by atoms with Gasteiger partial charge in [0.1, 0.15) is 11.5 Å². The van der Waals surface area contributed by atoms with E-state index in [1.165, 1.54) is 6.07 Å². The molecule has 3 aromatic rings. The maximum atomic E-state index is 14.3. The highest BCUT2D eigenvalue weighted by molar-refractivity contribution is 5.94. The lowest BCUT2D eigenvalue weighted by molar-refractivity contribution is 0.0929. The highest BCUT2D eigenvalue weighted by atomic mass is 19.1. The molecule has 1 heterocycles. The molecule has 0 saturated carbocycles. The molecule has 1 N–H and O–H groups in total. The van der Waals surface area contributed by atoms with E-state index >= 15 is 0 Å². The number of carbonyl (C=O) groups excluding carboxylic acids is 1. The van der Waals surface area contributed by atoms with E-state index in [0.29, 0.717) is 17.0 Å². The highest BCUT2D eigenvalue weighted by Crippen LogP contribution is 2.24. The van der Waals surface area contributed by atoms with Crippen molar-refractivity contribution in [2.45, 2.75) is 39.7 Å². The number of halogens is 1. The number of nitrogens with one attached hydrogen (secondary N) is 1. The van der Waals surface area contributed by atoms with Crippen LogP contribution in [0.2, 0.25) is 0 Å². The van der Waals surface area contributed by atoms with Crippen LogP contribution in [0.4, 0.5) is 4.39 Å². The van der Waals surface area contributed by atoms with Gasteiger partial charge < -0.3 is 10.2 Å². The zero-order valence-electron chi connectivity index (χ0n) is 18.5. The molecular weight excluding hydrogens is 391 g/mol. The van der Waals surface area contributed by atoms with Crippen LogP contribution >= 0.6 is 0 Å². The molecule has 31 heavy (non-hydrogen) atoms. The Morgan fingerprint density at radius 1 is 1.10 bits per heavy atom. The number of nitrogens with zero attached hydrogens (tertiary/aromatic N) is 3. The fourth-order valence-electron chi connectivity index (χ4n) is 3.64. The van der Waals surface area contributed by atoms with Crippen LogP contribution < -0.4 is 5.32 Å². The van der Waals surface area contributed by atoms with Crippen molar-refractivity contribution in [3.05, 3.63) is 72.2 Å². The number of rotatable bonds is 10. The largest absolute Gasteiger partial charge is 0.348 e. The molecule has 0 fully saturated rings. The molecule has 0 bridgehead atoms. The fourth-order valence-corrected chi connectivity index (χ4v) is 3.64. The van der Waals surface area contributed by atoms with E-state index in [0.717, 1.165) is 38.2 Å². The summed E-state index contributed by atoms with van der Waals surface area (Å²) in [4.78, 5) is 15.5. The lowest BCUT2D eigenvalue weighted by atomic mass is 10.1. The minimum absolute atomic E-state index is 0.0269. The van der Waals surface area contributed by atoms with Crippen molar-refractivity contribution in [1.82, 2.24) is 20.0 Å². The van der Waals surface area contributed by atoms with Crippen molar-refractivity contribution in [3.63, 3.8) is 0 Å². The van der Waals surface area contributed by atoms with E-state index in [-0.39, 0.29) is 17.8 Å². The van der Waals surface area contributed by atoms with Gasteiger partial charge in [-0.1, -0.05) is 44.2 Å². The van der Waals surface area contributed by atoms with Gasteiger partial charge in [-0.25, -0.2) is 9.07 Å². The summed E-state index contributed by atoms with van der Waals surface area (Å²) in [6, 6.07) is 17.6. The number of amides is 1. The van der Waals surface area contributed by atoms with Crippen LogP contribution in [-0.4, -0.2) is 46.3 Å². The zero-order valence-corrected chi connectivity index (χ0v) is 18.5. The number of hydrogen-bond acceptors (Lipinski definition) is 3. The Labute approximate surface area is 183 Å². The van der Waals surface area contributed by atoms with Crippen LogP contribution in [0.15, 0.2) is 60.7 Å². The molecule has 1 atom stereocenters. The van der Waals surface area contributed by atoms with E-state index in [1.807, 2.05) is 37.3 Å². The van der Waals surface area contributed by atoms with Gasteiger partial charge in [-0.2, -0.15) is 5.10 Å². The van der Waals surface area contributed by atoms with E-state index in [4.69, 9.17) is 0 Å². The summed E-state index contributed by atoms with van der Waals surface area (Å²) >= 11 is 0. The average molecular weight is 423 g/mol. The lowest BCUT2D eigenvalue weighted by Gasteiger charge is -2.20. The first-order valence-electron chi connectivity index (χ1n) is 11.0. The van der Waals surface area contributed by atoms with Gasteiger partial charge in [0, 0.05) is 11.6 Å². The fraction of sp³-hybridized carbons (Fsp3) is 0.360. The number of aromatic nitrogens is 2. The third kappa shape index (κ3) is 5.79. The molecule has 1 aromatic heterocycles. The molecule has 0 aliphatic heterocycles. The molecule has 6 heteroatoms. The van der Waals surface area contributed by atoms with Crippen molar-refractivity contribution in [1.29, 1.82) is 0 Å². The monoisotopic (exact) mass is 422 g/mol. The van der Waals surface area contributed by atoms with Gasteiger partial charge in [0.25, 0.3) is 5.91 Å². The average Bonchev–Trinajstić information content (AvgIpc) is 3.23. The summed E-state index contributed by atoms with van der Waals surface area (Å²) in [5.41, 5.74) is 1.95. The van der Waals surface area contributed by atoms with Crippen molar-refractivity contribution >= 4 is 5.91 Å². The predicted molar refractivity (Wildman–Crippen MR) is 123 cm³/mol. The second-order valence-electron chi connectivity index (χ2n) is 7.69. The number of para-hydroxylation sites is 1. The first kappa shape index (κ1) is 22.7. The summed E-state index contributed by atoms with van der Waals surface area (Å²) in [6.45, 7) is 9.42. The second kappa shape index (κ2) is 10.9. The van der Waals surface area contributed by atoms with Gasteiger partial charge in [-0.05, 0) is 69.7 Å². The van der Waals surface area contributed by atoms with Crippen molar-refractivity contribution in [3.8, 4) is 16.9 Å². The second-order valence-corrected chi connectivity index (χ2v) is 7.69. The van der Waals surface area contributed by atoms with Gasteiger partial charge in [-0.15, -0.1) is 0 Å². The third-order valence-electron chi connectivity index (χ3n) is 5.48. The molecule has 0 saturated heterocycles. The Morgan fingerprint density at radius 2 is 1.77 bits per heavy atom. The maximum absolute atomic E-state index is 14.3. The molecule has 164 valence electrons.